The Labute approximate surface area is 178 Å². The Hall–Kier alpha value is -3.40. The van der Waals surface area contributed by atoms with Crippen molar-refractivity contribution < 1.29 is 4.74 Å². The van der Waals surface area contributed by atoms with Gasteiger partial charge < -0.3 is 4.74 Å². The summed E-state index contributed by atoms with van der Waals surface area (Å²) in [6, 6.07) is 23.3. The largest absolute Gasteiger partial charge is 0.489 e. The molecule has 1 atom stereocenters. The highest BCUT2D eigenvalue weighted by molar-refractivity contribution is 5.71. The number of aromatic nitrogens is 3. The van der Waals surface area contributed by atoms with Gasteiger partial charge in [0.15, 0.2) is 0 Å². The molecule has 0 aliphatic rings. The summed E-state index contributed by atoms with van der Waals surface area (Å²) in [5.41, 5.74) is 7.48. The summed E-state index contributed by atoms with van der Waals surface area (Å²) >= 11 is 0. The molecule has 0 N–H and O–H groups in total. The smallest absolute Gasteiger partial charge is 0.138 e. The van der Waals surface area contributed by atoms with Crippen LogP contribution in [0.2, 0.25) is 0 Å². The van der Waals surface area contributed by atoms with E-state index in [0.717, 1.165) is 17.1 Å². The number of hydrogen-bond donors (Lipinski definition) is 0. The van der Waals surface area contributed by atoms with Crippen LogP contribution >= 0.6 is 0 Å². The molecule has 4 rings (SSSR count). The molecule has 4 nitrogen and oxygen atoms in total. The van der Waals surface area contributed by atoms with Gasteiger partial charge in [-0.1, -0.05) is 55.5 Å². The van der Waals surface area contributed by atoms with Crippen molar-refractivity contribution in [1.82, 2.24) is 14.8 Å². The van der Waals surface area contributed by atoms with E-state index in [9.17, 15) is 0 Å². The first-order valence-electron chi connectivity index (χ1n) is 10.2. The van der Waals surface area contributed by atoms with Crippen LogP contribution in [0.15, 0.2) is 73.1 Å². The van der Waals surface area contributed by atoms with Crippen LogP contribution in [0.5, 0.6) is 5.75 Å². The van der Waals surface area contributed by atoms with Crippen molar-refractivity contribution in [1.29, 1.82) is 0 Å². The first-order chi connectivity index (χ1) is 14.5. The van der Waals surface area contributed by atoms with Gasteiger partial charge in [0.05, 0.1) is 0 Å². The average Bonchev–Trinajstić information content (AvgIpc) is 3.18. The summed E-state index contributed by atoms with van der Waals surface area (Å²) in [4.78, 5) is 4.36. The van der Waals surface area contributed by atoms with Crippen LogP contribution < -0.4 is 4.74 Å². The normalized spacial score (nSPS) is 12.0. The predicted octanol–water partition coefficient (Wildman–Crippen LogP) is 5.83. The number of rotatable bonds is 6. The average molecular weight is 398 g/mol. The highest BCUT2D eigenvalue weighted by Gasteiger charge is 2.13. The first-order valence-corrected chi connectivity index (χ1v) is 10.2. The van der Waals surface area contributed by atoms with E-state index in [1.807, 2.05) is 23.9 Å². The van der Waals surface area contributed by atoms with Gasteiger partial charge in [-0.05, 0) is 65.4 Å². The third-order valence-electron chi connectivity index (χ3n) is 5.62. The molecule has 1 heterocycles. The van der Waals surface area contributed by atoms with Crippen LogP contribution in [0.1, 0.15) is 40.9 Å². The van der Waals surface area contributed by atoms with E-state index in [-0.39, 0.29) is 5.92 Å². The van der Waals surface area contributed by atoms with Crippen molar-refractivity contribution in [3.8, 4) is 16.9 Å². The Morgan fingerprint density at radius 3 is 2.30 bits per heavy atom. The monoisotopic (exact) mass is 397 g/mol. The van der Waals surface area contributed by atoms with Crippen molar-refractivity contribution in [2.24, 2.45) is 7.05 Å². The molecular weight excluding hydrogens is 370 g/mol. The van der Waals surface area contributed by atoms with Gasteiger partial charge in [0.1, 0.15) is 24.5 Å². The third-order valence-corrected chi connectivity index (χ3v) is 5.62. The van der Waals surface area contributed by atoms with Crippen molar-refractivity contribution in [3.05, 3.63) is 101 Å². The number of ether oxygens (including phenoxy) is 1. The van der Waals surface area contributed by atoms with Crippen LogP contribution in [0.25, 0.3) is 11.1 Å². The van der Waals surface area contributed by atoms with Gasteiger partial charge in [-0.2, -0.15) is 5.10 Å². The molecule has 0 saturated heterocycles. The molecule has 3 aromatic carbocycles. The zero-order chi connectivity index (χ0) is 21.1. The fourth-order valence-electron chi connectivity index (χ4n) is 3.95. The van der Waals surface area contributed by atoms with E-state index in [0.29, 0.717) is 6.61 Å². The van der Waals surface area contributed by atoms with E-state index in [4.69, 9.17) is 4.74 Å². The summed E-state index contributed by atoms with van der Waals surface area (Å²) in [5, 5.41) is 4.16. The minimum Gasteiger partial charge on any atom is -0.489 e. The van der Waals surface area contributed by atoms with Gasteiger partial charge >= 0.3 is 0 Å². The van der Waals surface area contributed by atoms with Gasteiger partial charge in [0, 0.05) is 13.0 Å². The Bertz CT molecular complexity index is 1120. The molecule has 0 saturated carbocycles. The Kier molecular flexibility index (Phi) is 5.66. The lowest BCUT2D eigenvalue weighted by Gasteiger charge is -2.13. The van der Waals surface area contributed by atoms with E-state index >= 15 is 0 Å². The van der Waals surface area contributed by atoms with E-state index < -0.39 is 0 Å². The van der Waals surface area contributed by atoms with Crippen molar-refractivity contribution >= 4 is 0 Å². The van der Waals surface area contributed by atoms with Crippen LogP contribution in [0.4, 0.5) is 0 Å². The minimum atomic E-state index is 0.181. The molecule has 152 valence electrons. The van der Waals surface area contributed by atoms with Gasteiger partial charge in [0.2, 0.25) is 0 Å². The first kappa shape index (κ1) is 19.9. The number of aryl methyl sites for hydroxylation is 3. The maximum atomic E-state index is 6.06. The minimum absolute atomic E-state index is 0.181. The molecule has 4 heteroatoms. The van der Waals surface area contributed by atoms with E-state index in [1.54, 1.807) is 6.33 Å². The molecule has 0 aliphatic heterocycles. The maximum absolute atomic E-state index is 6.06. The summed E-state index contributed by atoms with van der Waals surface area (Å²) in [5.74, 6) is 1.99. The summed E-state index contributed by atoms with van der Waals surface area (Å²) in [6.45, 7) is 7.00. The second kappa shape index (κ2) is 8.54. The molecule has 1 aromatic heterocycles. The fraction of sp³-hybridized carbons (Fsp3) is 0.231. The molecule has 1 unspecified atom stereocenters. The molecule has 0 spiro atoms. The Balaban J connectivity index is 1.46. The molecule has 0 amide bonds. The van der Waals surface area contributed by atoms with Crippen LogP contribution in [-0.2, 0) is 13.7 Å². The van der Waals surface area contributed by atoms with Gasteiger partial charge in [-0.25, -0.2) is 4.98 Å². The zero-order valence-corrected chi connectivity index (χ0v) is 18.0. The molecule has 4 aromatic rings. The van der Waals surface area contributed by atoms with E-state index in [2.05, 4.69) is 85.5 Å². The highest BCUT2D eigenvalue weighted by Crippen LogP contribution is 2.28. The van der Waals surface area contributed by atoms with Crippen molar-refractivity contribution in [2.75, 3.05) is 0 Å². The molecule has 0 bridgehead atoms. The molecule has 0 fully saturated rings. The fourth-order valence-corrected chi connectivity index (χ4v) is 3.95. The quantitative estimate of drug-likeness (QED) is 0.411. The van der Waals surface area contributed by atoms with Crippen LogP contribution in [-0.4, -0.2) is 14.8 Å². The highest BCUT2D eigenvalue weighted by atomic mass is 16.5. The maximum Gasteiger partial charge on any atom is 0.138 e. The van der Waals surface area contributed by atoms with E-state index in [1.165, 1.54) is 27.8 Å². The number of nitrogens with zero attached hydrogens (tertiary/aromatic N) is 3. The summed E-state index contributed by atoms with van der Waals surface area (Å²) < 4.78 is 7.88. The van der Waals surface area contributed by atoms with Crippen molar-refractivity contribution in [3.63, 3.8) is 0 Å². The van der Waals surface area contributed by atoms with Gasteiger partial charge in [-0.3, -0.25) is 4.68 Å². The van der Waals surface area contributed by atoms with Crippen molar-refractivity contribution in [2.45, 2.75) is 33.3 Å². The van der Waals surface area contributed by atoms with Crippen LogP contribution in [0.3, 0.4) is 0 Å². The molecule has 0 radical (unpaired) electrons. The lowest BCUT2D eigenvalue weighted by atomic mass is 9.95. The SMILES string of the molecule is Cc1cccc(C)c1-c1cccc(COc2ccc(C(C)c3ncnn3C)cc2)c1. The zero-order valence-electron chi connectivity index (χ0n) is 18.0. The van der Waals surface area contributed by atoms with Gasteiger partial charge in [-0.15, -0.1) is 0 Å². The second-order valence-corrected chi connectivity index (χ2v) is 7.79. The molecule has 0 aliphatic carbocycles. The van der Waals surface area contributed by atoms with Gasteiger partial charge in [0.25, 0.3) is 0 Å². The topological polar surface area (TPSA) is 39.9 Å². The molecular formula is C26H27N3O. The second-order valence-electron chi connectivity index (χ2n) is 7.79. The van der Waals surface area contributed by atoms with Crippen LogP contribution in [0, 0.1) is 13.8 Å². The summed E-state index contributed by atoms with van der Waals surface area (Å²) in [6.07, 6.45) is 1.59. The Morgan fingerprint density at radius 1 is 0.933 bits per heavy atom. The number of benzene rings is 3. The standard InChI is InChI=1S/C26H27N3O/c1-18-7-5-8-19(2)25(18)23-10-6-9-21(15-23)16-30-24-13-11-22(12-14-24)20(3)26-27-17-28-29(26)4/h5-15,17,20H,16H2,1-4H3. The summed E-state index contributed by atoms with van der Waals surface area (Å²) in [7, 11) is 1.92. The third kappa shape index (κ3) is 4.13. The Morgan fingerprint density at radius 2 is 1.63 bits per heavy atom. The lowest BCUT2D eigenvalue weighted by molar-refractivity contribution is 0.306. The molecule has 30 heavy (non-hydrogen) atoms. The predicted molar refractivity (Wildman–Crippen MR) is 121 cm³/mol. The lowest BCUT2D eigenvalue weighted by Crippen LogP contribution is -2.05. The number of hydrogen-bond acceptors (Lipinski definition) is 3.